The van der Waals surface area contributed by atoms with E-state index in [0.717, 1.165) is 0 Å². The zero-order valence-electron chi connectivity index (χ0n) is 7.05. The molecule has 2 aromatic rings. The van der Waals surface area contributed by atoms with E-state index >= 15 is 0 Å². The summed E-state index contributed by atoms with van der Waals surface area (Å²) in [6.45, 7) is 0. The molecule has 0 bridgehead atoms. The highest BCUT2D eigenvalue weighted by atomic mass is 32.1. The van der Waals surface area contributed by atoms with Crippen LogP contribution in [-0.2, 0) is 0 Å². The van der Waals surface area contributed by atoms with E-state index in [9.17, 15) is 0 Å². The van der Waals surface area contributed by atoms with Crippen molar-refractivity contribution in [2.75, 3.05) is 0 Å². The Morgan fingerprint density at radius 1 is 0.923 bits per heavy atom. The lowest BCUT2D eigenvalue weighted by Gasteiger charge is -1.87. The summed E-state index contributed by atoms with van der Waals surface area (Å²) >= 11 is 1.64. The molecule has 0 spiro atoms. The van der Waals surface area contributed by atoms with Gasteiger partial charge < -0.3 is 0 Å². The number of aromatic nitrogens is 1. The summed E-state index contributed by atoms with van der Waals surface area (Å²) in [5.41, 5.74) is 1.85. The third kappa shape index (κ3) is 2.04. The van der Waals surface area contributed by atoms with Crippen LogP contribution in [0.3, 0.4) is 0 Å². The molecule has 0 saturated carbocycles. The van der Waals surface area contributed by atoms with Gasteiger partial charge in [0.05, 0.1) is 5.51 Å². The Hall–Kier alpha value is -1.41. The molecule has 1 aromatic carbocycles. The molecule has 0 fully saturated rings. The molecule has 1 heterocycles. The van der Waals surface area contributed by atoms with Crippen LogP contribution < -0.4 is 0 Å². The van der Waals surface area contributed by atoms with Gasteiger partial charge in [-0.2, -0.15) is 0 Å². The normalized spacial score (nSPS) is 9.54. The standard InChI is InChI=1S/C11H9NS/c1-2-7-11-10(5-1)6-3-4-8-12-9-13-11/h1-9H. The van der Waals surface area contributed by atoms with Crippen LogP contribution in [0, 0.1) is 0 Å². The molecular formula is C11H9NS. The molecule has 13 heavy (non-hydrogen) atoms. The van der Waals surface area contributed by atoms with Gasteiger partial charge in [0.25, 0.3) is 0 Å². The first-order chi connectivity index (χ1) is 6.47. The van der Waals surface area contributed by atoms with Gasteiger partial charge in [0.1, 0.15) is 0 Å². The zero-order valence-corrected chi connectivity index (χ0v) is 7.87. The third-order valence-electron chi connectivity index (χ3n) is 1.72. The van der Waals surface area contributed by atoms with E-state index in [1.165, 1.54) is 10.1 Å². The van der Waals surface area contributed by atoms with Crippen molar-refractivity contribution >= 4 is 21.4 Å². The van der Waals surface area contributed by atoms with Gasteiger partial charge in [0.2, 0.25) is 0 Å². The average molecular weight is 187 g/mol. The number of rotatable bonds is 0. The predicted octanol–water partition coefficient (Wildman–Crippen LogP) is 3.42. The largest absolute Gasteiger partial charge is 0.254 e. The first-order valence-corrected chi connectivity index (χ1v) is 4.95. The van der Waals surface area contributed by atoms with Crippen LogP contribution in [0.15, 0.2) is 54.2 Å². The maximum atomic E-state index is 4.10. The average Bonchev–Trinajstić information content (AvgIpc) is 2.28. The van der Waals surface area contributed by atoms with Crippen molar-refractivity contribution in [3.63, 3.8) is 0 Å². The minimum absolute atomic E-state index is 1.24. The summed E-state index contributed by atoms with van der Waals surface area (Å²) in [5, 5.41) is 1.24. The summed E-state index contributed by atoms with van der Waals surface area (Å²) in [5.74, 6) is 0. The highest BCUT2D eigenvalue weighted by Gasteiger charge is 1.84. The lowest BCUT2D eigenvalue weighted by Crippen LogP contribution is -1.61. The summed E-state index contributed by atoms with van der Waals surface area (Å²) in [4.78, 5) is 4.10. The molecule has 0 radical (unpaired) electrons. The molecule has 64 valence electrons. The van der Waals surface area contributed by atoms with E-state index in [1.807, 2.05) is 29.8 Å². The van der Waals surface area contributed by atoms with E-state index in [4.69, 9.17) is 0 Å². The lowest BCUT2D eigenvalue weighted by molar-refractivity contribution is 1.40. The van der Waals surface area contributed by atoms with Gasteiger partial charge in [-0.05, 0) is 17.5 Å². The molecule has 0 N–H and O–H groups in total. The van der Waals surface area contributed by atoms with Crippen LogP contribution in [0.2, 0.25) is 0 Å². The quantitative estimate of drug-likeness (QED) is 0.615. The van der Waals surface area contributed by atoms with Crippen LogP contribution in [0.4, 0.5) is 0 Å². The number of benzene rings is 1. The van der Waals surface area contributed by atoms with Crippen LogP contribution in [0.5, 0.6) is 0 Å². The van der Waals surface area contributed by atoms with Crippen LogP contribution in [0.1, 0.15) is 0 Å². The molecule has 1 aromatic heterocycles. The van der Waals surface area contributed by atoms with Gasteiger partial charge in [0, 0.05) is 10.9 Å². The predicted molar refractivity (Wildman–Crippen MR) is 57.2 cm³/mol. The van der Waals surface area contributed by atoms with Gasteiger partial charge in [-0.25, -0.2) is 0 Å². The smallest absolute Gasteiger partial charge is 0.0796 e. The molecule has 0 amide bonds. The van der Waals surface area contributed by atoms with Crippen molar-refractivity contribution in [2.24, 2.45) is 0 Å². The highest BCUT2D eigenvalue weighted by molar-refractivity contribution is 7.16. The minimum atomic E-state index is 1.24. The van der Waals surface area contributed by atoms with Crippen molar-refractivity contribution < 1.29 is 0 Å². The molecular weight excluding hydrogens is 178 g/mol. The van der Waals surface area contributed by atoms with E-state index in [2.05, 4.69) is 23.2 Å². The Morgan fingerprint density at radius 2 is 1.69 bits per heavy atom. The van der Waals surface area contributed by atoms with Crippen molar-refractivity contribution in [3.8, 4) is 0 Å². The Balaban J connectivity index is 2.82. The van der Waals surface area contributed by atoms with Gasteiger partial charge in [-0.3, -0.25) is 4.98 Å². The van der Waals surface area contributed by atoms with Crippen molar-refractivity contribution in [2.45, 2.75) is 0 Å². The fourth-order valence-electron chi connectivity index (χ4n) is 1.11. The Morgan fingerprint density at radius 3 is 2.62 bits per heavy atom. The maximum absolute atomic E-state index is 4.10. The summed E-state index contributed by atoms with van der Waals surface area (Å²) < 4.78 is 1.24. The van der Waals surface area contributed by atoms with Gasteiger partial charge >= 0.3 is 0 Å². The first-order valence-electron chi connectivity index (χ1n) is 4.07. The highest BCUT2D eigenvalue weighted by Crippen LogP contribution is 2.13. The molecule has 0 aliphatic carbocycles. The number of fused-ring (bicyclic) bond motifs is 1. The topological polar surface area (TPSA) is 12.9 Å². The summed E-state index contributed by atoms with van der Waals surface area (Å²) in [6.07, 6.45) is 1.79. The van der Waals surface area contributed by atoms with Crippen molar-refractivity contribution in [1.82, 2.24) is 4.98 Å². The first kappa shape index (κ1) is 8.20. The van der Waals surface area contributed by atoms with Gasteiger partial charge in [-0.15, -0.1) is 11.3 Å². The van der Waals surface area contributed by atoms with Gasteiger partial charge in [-0.1, -0.05) is 30.3 Å². The maximum Gasteiger partial charge on any atom is 0.0796 e. The van der Waals surface area contributed by atoms with E-state index < -0.39 is 0 Å². The van der Waals surface area contributed by atoms with Crippen molar-refractivity contribution in [1.29, 1.82) is 0 Å². The van der Waals surface area contributed by atoms with Gasteiger partial charge in [0.15, 0.2) is 0 Å². The second-order valence-corrected chi connectivity index (χ2v) is 3.50. The zero-order chi connectivity index (χ0) is 8.93. The number of hydrogen-bond acceptors (Lipinski definition) is 2. The third-order valence-corrected chi connectivity index (χ3v) is 2.57. The molecule has 0 aliphatic heterocycles. The van der Waals surface area contributed by atoms with E-state index in [0.29, 0.717) is 0 Å². The fourth-order valence-corrected chi connectivity index (χ4v) is 1.78. The summed E-state index contributed by atoms with van der Waals surface area (Å²) in [7, 11) is 0. The fraction of sp³-hybridized carbons (Fsp3) is 0. The van der Waals surface area contributed by atoms with E-state index in [-0.39, 0.29) is 0 Å². The van der Waals surface area contributed by atoms with Crippen LogP contribution in [-0.4, -0.2) is 4.98 Å². The molecule has 0 atom stereocenters. The van der Waals surface area contributed by atoms with Crippen molar-refractivity contribution in [3.05, 3.63) is 54.2 Å². The Labute approximate surface area is 81.0 Å². The second-order valence-electron chi connectivity index (χ2n) is 2.61. The number of hydrogen-bond donors (Lipinski definition) is 0. The monoisotopic (exact) mass is 187 g/mol. The molecule has 2 heteroatoms. The Kier molecular flexibility index (Phi) is 2.53. The molecule has 0 saturated heterocycles. The number of nitrogens with zero attached hydrogens (tertiary/aromatic N) is 1. The lowest BCUT2D eigenvalue weighted by atomic mass is 10.2. The SMILES string of the molecule is c1ccc2ccccc2scnc1. The molecule has 0 aliphatic rings. The van der Waals surface area contributed by atoms with Crippen LogP contribution in [0.25, 0.3) is 10.1 Å². The van der Waals surface area contributed by atoms with Crippen LogP contribution >= 0.6 is 11.3 Å². The second kappa shape index (κ2) is 4.01. The molecule has 1 nitrogen and oxygen atoms in total. The minimum Gasteiger partial charge on any atom is -0.254 e. The van der Waals surface area contributed by atoms with E-state index in [1.54, 1.807) is 17.5 Å². The summed E-state index contributed by atoms with van der Waals surface area (Å²) in [6, 6.07) is 14.3. The Bertz CT molecular complexity index is 406. The molecule has 0 unspecified atom stereocenters. The molecule has 2 rings (SSSR count).